The van der Waals surface area contributed by atoms with Crippen LogP contribution in [-0.4, -0.2) is 23.1 Å². The second-order valence-electron chi connectivity index (χ2n) is 4.34. The van der Waals surface area contributed by atoms with Gasteiger partial charge < -0.3 is 11.1 Å². The van der Waals surface area contributed by atoms with Crippen LogP contribution in [0.1, 0.15) is 11.1 Å². The fourth-order valence-electron chi connectivity index (χ4n) is 1.99. The van der Waals surface area contributed by atoms with E-state index in [-0.39, 0.29) is 0 Å². The summed E-state index contributed by atoms with van der Waals surface area (Å²) in [5.41, 5.74) is 8.12. The lowest BCUT2D eigenvalue weighted by molar-refractivity contribution is 0.555. The number of pyridine rings is 2. The minimum Gasteiger partial charge on any atom is -0.384 e. The van der Waals surface area contributed by atoms with Crippen LogP contribution in [0.5, 0.6) is 0 Å². The van der Waals surface area contributed by atoms with Crippen LogP contribution in [0.2, 0.25) is 0 Å². The molecule has 0 radical (unpaired) electrons. The Hall–Kier alpha value is -1.94. The molecular formula is C14H18N4. The summed E-state index contributed by atoms with van der Waals surface area (Å²) in [5.74, 6) is 0.573. The van der Waals surface area contributed by atoms with E-state index in [0.29, 0.717) is 11.9 Å². The molecule has 1 atom stereocenters. The zero-order valence-corrected chi connectivity index (χ0v) is 10.5. The maximum Gasteiger partial charge on any atom is 0.123 e. The lowest BCUT2D eigenvalue weighted by atomic mass is 10.0. The lowest BCUT2D eigenvalue weighted by Gasteiger charge is -2.16. The van der Waals surface area contributed by atoms with Crippen molar-refractivity contribution in [1.82, 2.24) is 15.3 Å². The summed E-state index contributed by atoms with van der Waals surface area (Å²) in [6, 6.07) is 8.36. The molecule has 0 saturated carbocycles. The van der Waals surface area contributed by atoms with Gasteiger partial charge in [0.2, 0.25) is 0 Å². The van der Waals surface area contributed by atoms with E-state index in [1.165, 1.54) is 11.1 Å². The van der Waals surface area contributed by atoms with E-state index >= 15 is 0 Å². The summed E-state index contributed by atoms with van der Waals surface area (Å²) >= 11 is 0. The molecule has 18 heavy (non-hydrogen) atoms. The van der Waals surface area contributed by atoms with Crippen molar-refractivity contribution < 1.29 is 0 Å². The Morgan fingerprint density at radius 2 is 2.06 bits per heavy atom. The van der Waals surface area contributed by atoms with Crippen molar-refractivity contribution in [3.05, 3.63) is 54.0 Å². The molecule has 0 bridgehead atoms. The first-order chi connectivity index (χ1) is 8.78. The predicted octanol–water partition coefficient (Wildman–Crippen LogP) is 1.43. The molecule has 2 aromatic heterocycles. The van der Waals surface area contributed by atoms with Crippen molar-refractivity contribution in [3.63, 3.8) is 0 Å². The highest BCUT2D eigenvalue weighted by Gasteiger charge is 2.08. The van der Waals surface area contributed by atoms with Gasteiger partial charge in [-0.2, -0.15) is 0 Å². The van der Waals surface area contributed by atoms with Crippen molar-refractivity contribution in [1.29, 1.82) is 0 Å². The van der Waals surface area contributed by atoms with Crippen molar-refractivity contribution >= 4 is 5.82 Å². The van der Waals surface area contributed by atoms with Gasteiger partial charge in [0.05, 0.1) is 0 Å². The van der Waals surface area contributed by atoms with E-state index in [1.807, 2.05) is 31.4 Å². The van der Waals surface area contributed by atoms with E-state index in [2.05, 4.69) is 21.4 Å². The van der Waals surface area contributed by atoms with E-state index in [9.17, 15) is 0 Å². The molecule has 0 fully saturated rings. The Bertz CT molecular complexity index is 484. The van der Waals surface area contributed by atoms with Crippen LogP contribution >= 0.6 is 0 Å². The number of nitrogen functional groups attached to an aromatic ring is 1. The third-order valence-electron chi connectivity index (χ3n) is 2.94. The maximum atomic E-state index is 5.69. The van der Waals surface area contributed by atoms with Crippen molar-refractivity contribution in [3.8, 4) is 0 Å². The van der Waals surface area contributed by atoms with Gasteiger partial charge in [0.25, 0.3) is 0 Å². The average molecular weight is 242 g/mol. The molecule has 0 spiro atoms. The molecule has 0 aliphatic rings. The first kappa shape index (κ1) is 12.5. The molecular weight excluding hydrogens is 224 g/mol. The number of hydrogen-bond acceptors (Lipinski definition) is 4. The summed E-state index contributed by atoms with van der Waals surface area (Å²) in [7, 11) is 1.98. The first-order valence-electron chi connectivity index (χ1n) is 6.04. The molecule has 0 aliphatic heterocycles. The number of nitrogens with zero attached hydrogens (tertiary/aromatic N) is 2. The monoisotopic (exact) mass is 242 g/mol. The van der Waals surface area contributed by atoms with E-state index in [0.717, 1.165) is 12.8 Å². The first-order valence-corrected chi connectivity index (χ1v) is 6.04. The molecule has 0 aromatic carbocycles. The minimum atomic E-state index is 0.371. The highest BCUT2D eigenvalue weighted by molar-refractivity contribution is 5.32. The third-order valence-corrected chi connectivity index (χ3v) is 2.94. The summed E-state index contributed by atoms with van der Waals surface area (Å²) in [5, 5.41) is 3.33. The molecule has 3 N–H and O–H groups in total. The highest BCUT2D eigenvalue weighted by atomic mass is 14.9. The van der Waals surface area contributed by atoms with Gasteiger partial charge in [-0.05, 0) is 49.2 Å². The van der Waals surface area contributed by atoms with Crippen LogP contribution in [0.15, 0.2) is 42.9 Å². The Morgan fingerprint density at radius 3 is 2.72 bits per heavy atom. The fourth-order valence-corrected chi connectivity index (χ4v) is 1.99. The lowest BCUT2D eigenvalue weighted by Crippen LogP contribution is -2.30. The maximum absolute atomic E-state index is 5.69. The van der Waals surface area contributed by atoms with Gasteiger partial charge >= 0.3 is 0 Å². The van der Waals surface area contributed by atoms with Crippen LogP contribution in [-0.2, 0) is 12.8 Å². The summed E-state index contributed by atoms with van der Waals surface area (Å²) in [6.45, 7) is 0. The van der Waals surface area contributed by atoms with Crippen molar-refractivity contribution in [2.75, 3.05) is 12.8 Å². The quantitative estimate of drug-likeness (QED) is 0.832. The smallest absolute Gasteiger partial charge is 0.123 e. The zero-order valence-electron chi connectivity index (χ0n) is 10.5. The number of rotatable bonds is 5. The minimum absolute atomic E-state index is 0.371. The molecule has 2 aromatic rings. The number of nitrogens with two attached hydrogens (primary N) is 1. The molecule has 0 saturated heterocycles. The molecule has 94 valence electrons. The SMILES string of the molecule is CNC(Cc1cccnc1)Cc1ccnc(N)c1. The third kappa shape index (κ3) is 3.53. The molecule has 0 aliphatic carbocycles. The van der Waals surface area contributed by atoms with Crippen LogP contribution in [0.25, 0.3) is 0 Å². The summed E-state index contributed by atoms with van der Waals surface area (Å²) in [4.78, 5) is 8.14. The van der Waals surface area contributed by atoms with Crippen molar-refractivity contribution in [2.45, 2.75) is 18.9 Å². The van der Waals surface area contributed by atoms with E-state index < -0.39 is 0 Å². The van der Waals surface area contributed by atoms with Crippen LogP contribution in [0.4, 0.5) is 5.82 Å². The number of likely N-dealkylation sites (N-methyl/N-ethyl adjacent to an activating group) is 1. The molecule has 2 rings (SSSR count). The van der Waals surface area contributed by atoms with E-state index in [4.69, 9.17) is 5.73 Å². The number of hydrogen-bond donors (Lipinski definition) is 2. The average Bonchev–Trinajstić information content (AvgIpc) is 2.39. The second kappa shape index (κ2) is 6.12. The van der Waals surface area contributed by atoms with Crippen LogP contribution in [0, 0.1) is 0 Å². The van der Waals surface area contributed by atoms with Gasteiger partial charge in [-0.25, -0.2) is 4.98 Å². The highest BCUT2D eigenvalue weighted by Crippen LogP contribution is 2.09. The second-order valence-corrected chi connectivity index (χ2v) is 4.34. The van der Waals surface area contributed by atoms with Gasteiger partial charge in [-0.3, -0.25) is 4.98 Å². The molecule has 2 heterocycles. The molecule has 0 amide bonds. The number of nitrogens with one attached hydrogen (secondary N) is 1. The van der Waals surface area contributed by atoms with Gasteiger partial charge in [0.15, 0.2) is 0 Å². The Labute approximate surface area is 107 Å². The largest absolute Gasteiger partial charge is 0.384 e. The fraction of sp³-hybridized carbons (Fsp3) is 0.286. The number of aromatic nitrogens is 2. The Kier molecular flexibility index (Phi) is 4.25. The number of anilines is 1. The standard InChI is InChI=1S/C14H18N4/c1-16-13(8-12-3-2-5-17-10-12)7-11-4-6-18-14(15)9-11/h2-6,9-10,13,16H,7-8H2,1H3,(H2,15,18). The molecule has 4 nitrogen and oxygen atoms in total. The molecule has 4 heteroatoms. The Balaban J connectivity index is 2.01. The van der Waals surface area contributed by atoms with Crippen LogP contribution in [0.3, 0.4) is 0 Å². The topological polar surface area (TPSA) is 63.8 Å². The predicted molar refractivity (Wildman–Crippen MR) is 73.1 cm³/mol. The normalized spacial score (nSPS) is 12.3. The zero-order chi connectivity index (χ0) is 12.8. The Morgan fingerprint density at radius 1 is 1.22 bits per heavy atom. The van der Waals surface area contributed by atoms with Gasteiger partial charge in [0.1, 0.15) is 5.82 Å². The molecule has 1 unspecified atom stereocenters. The van der Waals surface area contributed by atoms with E-state index in [1.54, 1.807) is 12.4 Å². The van der Waals surface area contributed by atoms with Crippen molar-refractivity contribution in [2.24, 2.45) is 0 Å². The van der Waals surface area contributed by atoms with Gasteiger partial charge in [0, 0.05) is 24.6 Å². The van der Waals surface area contributed by atoms with Gasteiger partial charge in [-0.15, -0.1) is 0 Å². The van der Waals surface area contributed by atoms with Gasteiger partial charge in [-0.1, -0.05) is 6.07 Å². The summed E-state index contributed by atoms with van der Waals surface area (Å²) < 4.78 is 0. The van der Waals surface area contributed by atoms with Crippen LogP contribution < -0.4 is 11.1 Å². The summed E-state index contributed by atoms with van der Waals surface area (Å²) in [6.07, 6.45) is 7.33.